The van der Waals surface area contributed by atoms with Crippen LogP contribution < -0.4 is 19.5 Å². The van der Waals surface area contributed by atoms with Gasteiger partial charge in [0.15, 0.2) is 11.5 Å². The second-order valence-corrected chi connectivity index (χ2v) is 10.0. The first kappa shape index (κ1) is 28.9. The van der Waals surface area contributed by atoms with Crippen molar-refractivity contribution in [1.82, 2.24) is 14.9 Å². The monoisotopic (exact) mass is 589 g/mol. The molecule has 17 nitrogen and oxygen atoms in total. The standard InChI is InChI=1S/C23H23N7O10S/c1-38-20-13-19(25-23(26-20)39-2)27-41(36,37)16-5-3-15(4-6-16)24-21-17(29(32)33)11-14(12-18(21)30(34)35)22(31)28-7-9-40-10-8-28/h3-6,11-13,24H,7-10H2,1-2H3,(H,25,26,27). The highest BCUT2D eigenvalue weighted by Crippen LogP contribution is 2.38. The van der Waals surface area contributed by atoms with Crippen molar-refractivity contribution in [1.29, 1.82) is 0 Å². The van der Waals surface area contributed by atoms with Crippen LogP contribution in [0.1, 0.15) is 10.4 Å². The number of nitro benzene ring substituents is 2. The van der Waals surface area contributed by atoms with E-state index in [-0.39, 0.29) is 60.2 Å². The molecule has 1 saturated heterocycles. The Hall–Kier alpha value is -5.10. The van der Waals surface area contributed by atoms with Crippen LogP contribution >= 0.6 is 0 Å². The molecule has 2 aromatic carbocycles. The zero-order valence-corrected chi connectivity index (χ0v) is 22.4. The quantitative estimate of drug-likeness (QED) is 0.256. The maximum Gasteiger partial charge on any atom is 0.321 e. The fourth-order valence-electron chi connectivity index (χ4n) is 3.81. The third kappa shape index (κ3) is 6.56. The number of hydrogen-bond acceptors (Lipinski definition) is 13. The number of anilines is 3. The van der Waals surface area contributed by atoms with Gasteiger partial charge in [-0.3, -0.25) is 29.7 Å². The van der Waals surface area contributed by atoms with Crippen molar-refractivity contribution in [3.8, 4) is 11.9 Å². The number of carbonyl (C=O) groups excluding carboxylic acids is 1. The van der Waals surface area contributed by atoms with E-state index in [1.165, 1.54) is 49.5 Å². The number of morpholine rings is 1. The first-order chi connectivity index (χ1) is 19.5. The number of hydrogen-bond donors (Lipinski definition) is 2. The van der Waals surface area contributed by atoms with Gasteiger partial charge in [-0.15, -0.1) is 0 Å². The van der Waals surface area contributed by atoms with E-state index in [1.807, 2.05) is 0 Å². The molecule has 0 atom stereocenters. The number of aromatic nitrogens is 2. The third-order valence-electron chi connectivity index (χ3n) is 5.78. The van der Waals surface area contributed by atoms with Crippen LogP contribution in [-0.4, -0.2) is 79.6 Å². The van der Waals surface area contributed by atoms with Crippen LogP contribution in [0.4, 0.5) is 28.6 Å². The molecule has 0 saturated carbocycles. The van der Waals surface area contributed by atoms with Crippen LogP contribution in [0.15, 0.2) is 47.4 Å². The Morgan fingerprint density at radius 3 is 2.12 bits per heavy atom. The van der Waals surface area contributed by atoms with Gasteiger partial charge < -0.3 is 24.4 Å². The summed E-state index contributed by atoms with van der Waals surface area (Å²) in [4.78, 5) is 43.9. The van der Waals surface area contributed by atoms with E-state index in [2.05, 4.69) is 20.0 Å². The molecule has 41 heavy (non-hydrogen) atoms. The van der Waals surface area contributed by atoms with E-state index >= 15 is 0 Å². The molecule has 1 fully saturated rings. The van der Waals surface area contributed by atoms with E-state index in [1.54, 1.807) is 0 Å². The van der Waals surface area contributed by atoms with Crippen molar-refractivity contribution in [2.45, 2.75) is 4.90 Å². The van der Waals surface area contributed by atoms with Crippen molar-refractivity contribution in [3.05, 3.63) is 68.3 Å². The average Bonchev–Trinajstić information content (AvgIpc) is 2.96. The number of benzene rings is 2. The van der Waals surface area contributed by atoms with Crippen LogP contribution in [0.5, 0.6) is 11.9 Å². The zero-order chi connectivity index (χ0) is 29.7. The minimum atomic E-state index is -4.17. The van der Waals surface area contributed by atoms with E-state index in [0.717, 1.165) is 12.1 Å². The topological polar surface area (TPSA) is 218 Å². The Kier molecular flexibility index (Phi) is 8.43. The van der Waals surface area contributed by atoms with E-state index in [9.17, 15) is 33.4 Å². The van der Waals surface area contributed by atoms with Gasteiger partial charge in [0, 0.05) is 37.0 Å². The smallest absolute Gasteiger partial charge is 0.321 e. The van der Waals surface area contributed by atoms with Crippen molar-refractivity contribution in [2.24, 2.45) is 0 Å². The summed E-state index contributed by atoms with van der Waals surface area (Å²) < 4.78 is 43.2. The molecule has 0 unspecified atom stereocenters. The first-order valence-corrected chi connectivity index (χ1v) is 13.2. The minimum Gasteiger partial charge on any atom is -0.481 e. The number of sulfonamides is 1. The predicted molar refractivity (Wildman–Crippen MR) is 142 cm³/mol. The molecule has 18 heteroatoms. The van der Waals surface area contributed by atoms with Gasteiger partial charge in [-0.05, 0) is 24.3 Å². The highest BCUT2D eigenvalue weighted by molar-refractivity contribution is 7.92. The summed E-state index contributed by atoms with van der Waals surface area (Å²) in [6, 6.07) is 7.89. The van der Waals surface area contributed by atoms with Gasteiger partial charge in [0.2, 0.25) is 5.88 Å². The summed E-state index contributed by atoms with van der Waals surface area (Å²) in [5, 5.41) is 26.4. The molecule has 1 aliphatic heterocycles. The largest absolute Gasteiger partial charge is 0.481 e. The number of carbonyl (C=O) groups is 1. The molecule has 216 valence electrons. The molecule has 2 heterocycles. The lowest BCUT2D eigenvalue weighted by Gasteiger charge is -2.26. The summed E-state index contributed by atoms with van der Waals surface area (Å²) >= 11 is 0. The van der Waals surface area contributed by atoms with Gasteiger partial charge >= 0.3 is 17.4 Å². The van der Waals surface area contributed by atoms with Gasteiger partial charge in [-0.25, -0.2) is 8.42 Å². The minimum absolute atomic E-state index is 0.0509. The molecule has 0 bridgehead atoms. The number of nitrogens with one attached hydrogen (secondary N) is 2. The average molecular weight is 590 g/mol. The Morgan fingerprint density at radius 1 is 0.976 bits per heavy atom. The van der Waals surface area contributed by atoms with Crippen LogP contribution in [0.25, 0.3) is 0 Å². The van der Waals surface area contributed by atoms with E-state index < -0.39 is 42.8 Å². The van der Waals surface area contributed by atoms with Crippen molar-refractivity contribution in [3.63, 3.8) is 0 Å². The Labute approximate surface area is 232 Å². The lowest BCUT2D eigenvalue weighted by molar-refractivity contribution is -0.392. The SMILES string of the molecule is COc1cc(NS(=O)(=O)c2ccc(Nc3c([N+](=O)[O-])cc(C(=O)N4CCOCC4)cc3[N+](=O)[O-])cc2)nc(OC)n1. The molecular weight excluding hydrogens is 566 g/mol. The molecule has 4 rings (SSSR count). The molecule has 1 amide bonds. The van der Waals surface area contributed by atoms with Gasteiger partial charge in [0.1, 0.15) is 0 Å². The molecule has 1 aromatic heterocycles. The Balaban J connectivity index is 1.62. The number of ether oxygens (including phenoxy) is 3. The maximum atomic E-state index is 12.9. The number of nitro groups is 2. The molecule has 1 aliphatic rings. The molecule has 0 radical (unpaired) electrons. The molecule has 3 aromatic rings. The Morgan fingerprint density at radius 2 is 1.59 bits per heavy atom. The number of nitrogens with zero attached hydrogens (tertiary/aromatic N) is 5. The predicted octanol–water partition coefficient (Wildman–Crippen LogP) is 2.33. The third-order valence-corrected chi connectivity index (χ3v) is 7.15. The summed E-state index contributed by atoms with van der Waals surface area (Å²) in [6.07, 6.45) is 0. The van der Waals surface area contributed by atoms with Crippen molar-refractivity contribution in [2.75, 3.05) is 50.6 Å². The highest BCUT2D eigenvalue weighted by atomic mass is 32.2. The zero-order valence-electron chi connectivity index (χ0n) is 21.6. The van der Waals surface area contributed by atoms with Crippen molar-refractivity contribution < 1.29 is 37.3 Å². The van der Waals surface area contributed by atoms with Gasteiger partial charge in [-0.1, -0.05) is 0 Å². The highest BCUT2D eigenvalue weighted by Gasteiger charge is 2.31. The first-order valence-electron chi connectivity index (χ1n) is 11.7. The van der Waals surface area contributed by atoms with Crippen LogP contribution in [0, 0.1) is 20.2 Å². The summed E-state index contributed by atoms with van der Waals surface area (Å²) in [5.74, 6) is -0.684. The van der Waals surface area contributed by atoms with Crippen LogP contribution in [-0.2, 0) is 14.8 Å². The Bertz CT molecular complexity index is 1540. The molecular formula is C23H23N7O10S. The molecule has 0 aliphatic carbocycles. The number of amides is 1. The maximum absolute atomic E-state index is 12.9. The summed E-state index contributed by atoms with van der Waals surface area (Å²) in [7, 11) is -1.54. The lowest BCUT2D eigenvalue weighted by Crippen LogP contribution is -2.40. The van der Waals surface area contributed by atoms with Crippen LogP contribution in [0.2, 0.25) is 0 Å². The van der Waals surface area contributed by atoms with Crippen LogP contribution in [0.3, 0.4) is 0 Å². The summed E-state index contributed by atoms with van der Waals surface area (Å²) in [5.41, 5.74) is -2.01. The second-order valence-electron chi connectivity index (χ2n) is 8.35. The molecule has 2 N–H and O–H groups in total. The number of rotatable bonds is 10. The number of methoxy groups -OCH3 is 2. The fraction of sp³-hybridized carbons (Fsp3) is 0.261. The van der Waals surface area contributed by atoms with Gasteiger partial charge in [0.25, 0.3) is 15.9 Å². The van der Waals surface area contributed by atoms with Gasteiger partial charge in [-0.2, -0.15) is 9.97 Å². The van der Waals surface area contributed by atoms with E-state index in [4.69, 9.17) is 14.2 Å². The van der Waals surface area contributed by atoms with Crippen molar-refractivity contribution >= 4 is 44.5 Å². The normalized spacial score (nSPS) is 13.3. The fourth-order valence-corrected chi connectivity index (χ4v) is 4.80. The molecule has 0 spiro atoms. The van der Waals surface area contributed by atoms with Gasteiger partial charge in [0.05, 0.1) is 47.7 Å². The second kappa shape index (κ2) is 12.0. The van der Waals surface area contributed by atoms with E-state index in [0.29, 0.717) is 0 Å². The lowest BCUT2D eigenvalue weighted by atomic mass is 10.1. The summed E-state index contributed by atoms with van der Waals surface area (Å²) in [6.45, 7) is 1.03.